The van der Waals surface area contributed by atoms with E-state index in [1.54, 1.807) is 6.92 Å². The Bertz CT molecular complexity index is 795. The smallest absolute Gasteiger partial charge is 0.325 e. The van der Waals surface area contributed by atoms with Gasteiger partial charge in [0.25, 0.3) is 5.91 Å². The molecule has 4 amide bonds. The van der Waals surface area contributed by atoms with E-state index in [2.05, 4.69) is 26.6 Å². The van der Waals surface area contributed by atoms with Gasteiger partial charge in [-0.3, -0.25) is 14.5 Å². The minimum atomic E-state index is -4.59. The molecule has 1 aliphatic heterocycles. The molecule has 2 aliphatic rings. The van der Waals surface area contributed by atoms with E-state index in [-0.39, 0.29) is 16.1 Å². The maximum atomic E-state index is 12.9. The van der Waals surface area contributed by atoms with E-state index in [0.29, 0.717) is 0 Å². The van der Waals surface area contributed by atoms with Gasteiger partial charge in [-0.05, 0) is 43.9 Å². The Morgan fingerprint density at radius 1 is 1.38 bits per heavy atom. The van der Waals surface area contributed by atoms with Crippen molar-refractivity contribution in [1.82, 2.24) is 10.2 Å². The van der Waals surface area contributed by atoms with E-state index in [1.807, 2.05) is 0 Å². The Hall–Kier alpha value is -2.10. The fourth-order valence-corrected chi connectivity index (χ4v) is 3.43. The van der Waals surface area contributed by atoms with Crippen LogP contribution >= 0.6 is 15.9 Å². The lowest BCUT2D eigenvalue weighted by atomic mass is 9.96. The fraction of sp³-hybridized carbons (Fsp3) is 0.438. The number of urea groups is 1. The number of benzene rings is 1. The number of hydrogen-bond acceptors (Lipinski definition) is 3. The van der Waals surface area contributed by atoms with Crippen LogP contribution in [0, 0.1) is 5.92 Å². The summed E-state index contributed by atoms with van der Waals surface area (Å²) in [6, 6.07) is 2.56. The molecule has 0 bridgehead atoms. The highest BCUT2D eigenvalue weighted by Gasteiger charge is 2.56. The van der Waals surface area contributed by atoms with Crippen LogP contribution < -0.4 is 10.6 Å². The van der Waals surface area contributed by atoms with Gasteiger partial charge in [-0.15, -0.1) is 0 Å². The van der Waals surface area contributed by atoms with E-state index in [9.17, 15) is 27.6 Å². The minimum Gasteiger partial charge on any atom is -0.325 e. The summed E-state index contributed by atoms with van der Waals surface area (Å²) in [5.74, 6) is -1.20. The second-order valence-corrected chi connectivity index (χ2v) is 7.39. The molecule has 1 unspecified atom stereocenters. The highest BCUT2D eigenvalue weighted by molar-refractivity contribution is 9.10. The lowest BCUT2D eigenvalue weighted by Gasteiger charge is -2.20. The highest BCUT2D eigenvalue weighted by Crippen LogP contribution is 2.42. The molecule has 1 aromatic carbocycles. The number of nitrogens with zero attached hydrogens (tertiary/aromatic N) is 1. The summed E-state index contributed by atoms with van der Waals surface area (Å²) in [5, 5.41) is 4.89. The summed E-state index contributed by atoms with van der Waals surface area (Å²) >= 11 is 2.81. The molecule has 1 heterocycles. The lowest BCUT2D eigenvalue weighted by Crippen LogP contribution is -2.46. The molecule has 0 radical (unpaired) electrons. The fourth-order valence-electron chi connectivity index (χ4n) is 2.96. The highest BCUT2D eigenvalue weighted by atomic mass is 79.9. The van der Waals surface area contributed by atoms with Crippen molar-refractivity contribution in [2.75, 3.05) is 11.9 Å². The number of carbonyl (C=O) groups excluding carboxylic acids is 3. The molecule has 0 aromatic heterocycles. The van der Waals surface area contributed by atoms with Crippen LogP contribution in [0.15, 0.2) is 22.7 Å². The van der Waals surface area contributed by atoms with Crippen LogP contribution in [0.3, 0.4) is 0 Å². The van der Waals surface area contributed by atoms with E-state index in [4.69, 9.17) is 0 Å². The summed E-state index contributed by atoms with van der Waals surface area (Å²) < 4.78 is 38.6. The molecule has 2 fully saturated rings. The molecular formula is C16H15BrF3N3O3. The molecule has 1 aromatic rings. The number of hydrogen-bond donors (Lipinski definition) is 2. The van der Waals surface area contributed by atoms with E-state index >= 15 is 0 Å². The Labute approximate surface area is 155 Å². The number of anilines is 1. The second-order valence-electron chi connectivity index (χ2n) is 6.54. The number of imide groups is 1. The standard InChI is InChI=1S/C16H15BrF3N3O3/c1-15(8-2-3-8)13(25)23(14(26)22-15)7-12(24)21-9-4-5-11(17)10(6-9)16(18,19)20/h4-6,8H,2-3,7H2,1H3,(H,21,24)(H,22,26). The van der Waals surface area contributed by atoms with Crippen molar-refractivity contribution < 1.29 is 27.6 Å². The summed E-state index contributed by atoms with van der Waals surface area (Å²) in [6.07, 6.45) is -2.94. The Morgan fingerprint density at radius 2 is 2.04 bits per heavy atom. The van der Waals surface area contributed by atoms with Crippen LogP contribution in [-0.4, -0.2) is 34.8 Å². The Kier molecular flexibility index (Phi) is 4.50. The van der Waals surface area contributed by atoms with Gasteiger partial charge in [0, 0.05) is 10.2 Å². The summed E-state index contributed by atoms with van der Waals surface area (Å²) in [5.41, 5.74) is -2.03. The van der Waals surface area contributed by atoms with Gasteiger partial charge in [0.15, 0.2) is 0 Å². The first-order valence-electron chi connectivity index (χ1n) is 7.83. The maximum absolute atomic E-state index is 12.9. The predicted octanol–water partition coefficient (Wildman–Crippen LogP) is 3.13. The van der Waals surface area contributed by atoms with E-state index in [0.717, 1.165) is 29.9 Å². The van der Waals surface area contributed by atoms with Crippen molar-refractivity contribution in [1.29, 1.82) is 0 Å². The molecule has 6 nitrogen and oxygen atoms in total. The number of rotatable bonds is 4. The first kappa shape index (κ1) is 18.7. The molecule has 26 heavy (non-hydrogen) atoms. The van der Waals surface area contributed by atoms with Crippen LogP contribution in [0.1, 0.15) is 25.3 Å². The zero-order valence-electron chi connectivity index (χ0n) is 13.6. The first-order valence-corrected chi connectivity index (χ1v) is 8.62. The third kappa shape index (κ3) is 3.42. The zero-order chi connectivity index (χ0) is 19.3. The number of alkyl halides is 3. The quantitative estimate of drug-likeness (QED) is 0.715. The lowest BCUT2D eigenvalue weighted by molar-refractivity contribution is -0.138. The number of amides is 4. The van der Waals surface area contributed by atoms with Crippen molar-refractivity contribution >= 4 is 39.5 Å². The largest absolute Gasteiger partial charge is 0.417 e. The van der Waals surface area contributed by atoms with E-state index in [1.165, 1.54) is 6.07 Å². The molecule has 1 atom stereocenters. The second kappa shape index (κ2) is 6.26. The molecule has 1 aliphatic carbocycles. The third-order valence-electron chi connectivity index (χ3n) is 4.55. The molecule has 3 rings (SSSR count). The van der Waals surface area contributed by atoms with Crippen LogP contribution in [0.5, 0.6) is 0 Å². The average molecular weight is 434 g/mol. The van der Waals surface area contributed by atoms with Gasteiger partial charge in [-0.2, -0.15) is 13.2 Å². The van der Waals surface area contributed by atoms with Crippen molar-refractivity contribution in [3.63, 3.8) is 0 Å². The topological polar surface area (TPSA) is 78.5 Å². The summed E-state index contributed by atoms with van der Waals surface area (Å²) in [6.45, 7) is 1.05. The molecule has 2 N–H and O–H groups in total. The van der Waals surface area contributed by atoms with Gasteiger partial charge < -0.3 is 10.6 Å². The van der Waals surface area contributed by atoms with Crippen molar-refractivity contribution in [3.05, 3.63) is 28.2 Å². The Morgan fingerprint density at radius 3 is 2.62 bits per heavy atom. The minimum absolute atomic E-state index is 0.0489. The summed E-state index contributed by atoms with van der Waals surface area (Å²) in [4.78, 5) is 37.4. The van der Waals surface area contributed by atoms with Crippen molar-refractivity contribution in [3.8, 4) is 0 Å². The van der Waals surface area contributed by atoms with Gasteiger partial charge >= 0.3 is 12.2 Å². The number of nitrogens with one attached hydrogen (secondary N) is 2. The monoisotopic (exact) mass is 433 g/mol. The van der Waals surface area contributed by atoms with Crippen LogP contribution in [-0.2, 0) is 15.8 Å². The molecule has 140 valence electrons. The van der Waals surface area contributed by atoms with Crippen molar-refractivity contribution in [2.45, 2.75) is 31.5 Å². The molecular weight excluding hydrogens is 419 g/mol. The summed E-state index contributed by atoms with van der Waals surface area (Å²) in [7, 11) is 0. The van der Waals surface area contributed by atoms with Crippen LogP contribution in [0.25, 0.3) is 0 Å². The molecule has 0 spiro atoms. The molecule has 10 heteroatoms. The Balaban J connectivity index is 1.70. The van der Waals surface area contributed by atoms with Gasteiger partial charge in [0.2, 0.25) is 5.91 Å². The average Bonchev–Trinajstić information content (AvgIpc) is 3.34. The molecule has 1 saturated carbocycles. The zero-order valence-corrected chi connectivity index (χ0v) is 15.2. The van der Waals surface area contributed by atoms with Gasteiger partial charge in [-0.1, -0.05) is 15.9 Å². The SMILES string of the molecule is CC1(C2CC2)NC(=O)N(CC(=O)Nc2ccc(Br)c(C(F)(F)F)c2)C1=O. The third-order valence-corrected chi connectivity index (χ3v) is 5.24. The van der Waals surface area contributed by atoms with Crippen LogP contribution in [0.4, 0.5) is 23.7 Å². The van der Waals surface area contributed by atoms with Crippen LogP contribution in [0.2, 0.25) is 0 Å². The first-order chi connectivity index (χ1) is 12.0. The maximum Gasteiger partial charge on any atom is 0.417 e. The van der Waals surface area contributed by atoms with E-state index < -0.39 is 41.7 Å². The van der Waals surface area contributed by atoms with Gasteiger partial charge in [0.1, 0.15) is 12.1 Å². The number of halogens is 4. The van der Waals surface area contributed by atoms with Crippen molar-refractivity contribution in [2.24, 2.45) is 5.92 Å². The molecule has 1 saturated heterocycles. The van der Waals surface area contributed by atoms with Gasteiger partial charge in [-0.25, -0.2) is 4.79 Å². The normalized spacial score (nSPS) is 23.2. The van der Waals surface area contributed by atoms with Gasteiger partial charge in [0.05, 0.1) is 5.56 Å². The predicted molar refractivity (Wildman–Crippen MR) is 89.1 cm³/mol. The number of carbonyl (C=O) groups is 3.